The van der Waals surface area contributed by atoms with Gasteiger partial charge in [-0.05, 0) is 18.2 Å². The average Bonchev–Trinajstić information content (AvgIpc) is 2.57. The molecule has 0 spiro atoms. The molecule has 0 radical (unpaired) electrons. The van der Waals surface area contributed by atoms with Crippen molar-refractivity contribution in [2.75, 3.05) is 0 Å². The summed E-state index contributed by atoms with van der Waals surface area (Å²) in [4.78, 5) is 0. The van der Waals surface area contributed by atoms with Gasteiger partial charge in [0.1, 0.15) is 5.82 Å². The Hall–Kier alpha value is -1.06. The largest absolute Gasteiger partial charge is 0.276 e. The van der Waals surface area contributed by atoms with Gasteiger partial charge in [0, 0.05) is 5.56 Å². The number of hydrogen-bond donors (Lipinski definition) is 1. The average molecular weight is 231 g/mol. The summed E-state index contributed by atoms with van der Waals surface area (Å²) < 4.78 is 12.9. The number of hydrogen-bond acceptors (Lipinski definition) is 1. The number of rotatable bonds is 1. The first kappa shape index (κ1) is 9.49. The quantitative estimate of drug-likeness (QED) is 0.798. The Morgan fingerprint density at radius 1 is 1.21 bits per heavy atom. The van der Waals surface area contributed by atoms with Crippen LogP contribution in [0, 0.1) is 5.82 Å². The Labute approximate surface area is 89.7 Å². The highest BCUT2D eigenvalue weighted by molar-refractivity contribution is 6.33. The minimum Gasteiger partial charge on any atom is -0.276 e. The predicted octanol–water partition coefficient (Wildman–Crippen LogP) is 3.52. The third-order valence-electron chi connectivity index (χ3n) is 1.80. The van der Waals surface area contributed by atoms with Crippen LogP contribution in [0.25, 0.3) is 11.3 Å². The van der Waals surface area contributed by atoms with Crippen LogP contribution in [0.5, 0.6) is 0 Å². The van der Waals surface area contributed by atoms with E-state index < -0.39 is 5.82 Å². The van der Waals surface area contributed by atoms with Gasteiger partial charge >= 0.3 is 0 Å². The maximum absolute atomic E-state index is 12.9. The van der Waals surface area contributed by atoms with Crippen LogP contribution in [-0.2, 0) is 0 Å². The fourth-order valence-corrected chi connectivity index (χ4v) is 1.51. The highest BCUT2D eigenvalue weighted by Gasteiger charge is 2.07. The maximum atomic E-state index is 12.9. The molecule has 0 aliphatic heterocycles. The second kappa shape index (κ2) is 3.59. The maximum Gasteiger partial charge on any atom is 0.141 e. The smallest absolute Gasteiger partial charge is 0.141 e. The number of aromatic amines is 1. The van der Waals surface area contributed by atoms with Gasteiger partial charge in [0.25, 0.3) is 0 Å². The molecule has 0 amide bonds. The summed E-state index contributed by atoms with van der Waals surface area (Å²) in [5, 5.41) is 7.00. The molecule has 1 heterocycles. The zero-order valence-electron chi connectivity index (χ0n) is 6.89. The Kier molecular flexibility index (Phi) is 2.44. The molecule has 2 nitrogen and oxygen atoms in total. The first-order chi connectivity index (χ1) is 6.68. The molecule has 0 aliphatic rings. The highest BCUT2D eigenvalue weighted by atomic mass is 35.5. The monoisotopic (exact) mass is 230 g/mol. The van der Waals surface area contributed by atoms with E-state index in [2.05, 4.69) is 10.2 Å². The van der Waals surface area contributed by atoms with Gasteiger partial charge in [-0.1, -0.05) is 23.2 Å². The van der Waals surface area contributed by atoms with Gasteiger partial charge in [-0.3, -0.25) is 5.10 Å². The van der Waals surface area contributed by atoms with Crippen molar-refractivity contribution in [1.29, 1.82) is 0 Å². The molecule has 0 saturated carbocycles. The SMILES string of the molecule is Fc1ccc(-c2[nH]ncc2Cl)cc1Cl. The summed E-state index contributed by atoms with van der Waals surface area (Å²) in [6.07, 6.45) is 1.48. The molecule has 0 atom stereocenters. The number of benzene rings is 1. The van der Waals surface area contributed by atoms with Crippen LogP contribution in [-0.4, -0.2) is 10.2 Å². The van der Waals surface area contributed by atoms with E-state index in [9.17, 15) is 4.39 Å². The molecule has 0 aliphatic carbocycles. The zero-order valence-corrected chi connectivity index (χ0v) is 8.40. The van der Waals surface area contributed by atoms with E-state index in [1.165, 1.54) is 18.3 Å². The van der Waals surface area contributed by atoms with Crippen molar-refractivity contribution in [2.24, 2.45) is 0 Å². The third kappa shape index (κ3) is 1.61. The standard InChI is InChI=1S/C9H5Cl2FN2/c10-6-3-5(1-2-8(6)12)9-7(11)4-13-14-9/h1-4H,(H,13,14). The minimum absolute atomic E-state index is 0.0631. The van der Waals surface area contributed by atoms with Crippen molar-refractivity contribution in [3.05, 3.63) is 40.3 Å². The molecular weight excluding hydrogens is 226 g/mol. The van der Waals surface area contributed by atoms with Gasteiger partial charge in [-0.15, -0.1) is 0 Å². The summed E-state index contributed by atoms with van der Waals surface area (Å²) in [5.74, 6) is -0.453. The van der Waals surface area contributed by atoms with E-state index in [0.717, 1.165) is 0 Å². The van der Waals surface area contributed by atoms with E-state index in [-0.39, 0.29) is 5.02 Å². The highest BCUT2D eigenvalue weighted by Crippen LogP contribution is 2.28. The molecule has 0 saturated heterocycles. The van der Waals surface area contributed by atoms with E-state index in [1.54, 1.807) is 6.07 Å². The van der Waals surface area contributed by atoms with E-state index in [0.29, 0.717) is 16.3 Å². The fraction of sp³-hybridized carbons (Fsp3) is 0. The number of nitrogens with zero attached hydrogens (tertiary/aromatic N) is 1. The molecule has 1 N–H and O–H groups in total. The molecule has 1 aromatic heterocycles. The van der Waals surface area contributed by atoms with Crippen LogP contribution in [0.3, 0.4) is 0 Å². The molecule has 0 bridgehead atoms. The second-order valence-corrected chi connectivity index (χ2v) is 3.54. The molecule has 14 heavy (non-hydrogen) atoms. The third-order valence-corrected chi connectivity index (χ3v) is 2.38. The number of aromatic nitrogens is 2. The van der Waals surface area contributed by atoms with Crippen LogP contribution in [0.1, 0.15) is 0 Å². The van der Waals surface area contributed by atoms with Crippen LogP contribution in [0.2, 0.25) is 10.0 Å². The van der Waals surface area contributed by atoms with Gasteiger partial charge < -0.3 is 0 Å². The van der Waals surface area contributed by atoms with Crippen molar-refractivity contribution in [2.45, 2.75) is 0 Å². The van der Waals surface area contributed by atoms with Crippen molar-refractivity contribution < 1.29 is 4.39 Å². The van der Waals surface area contributed by atoms with Gasteiger partial charge in [-0.2, -0.15) is 5.10 Å². The van der Waals surface area contributed by atoms with Crippen molar-refractivity contribution in [3.63, 3.8) is 0 Å². The zero-order chi connectivity index (χ0) is 10.1. The number of nitrogens with one attached hydrogen (secondary N) is 1. The van der Waals surface area contributed by atoms with Crippen molar-refractivity contribution >= 4 is 23.2 Å². The lowest BCUT2D eigenvalue weighted by Gasteiger charge is -1.99. The molecule has 1 aromatic carbocycles. The van der Waals surface area contributed by atoms with Gasteiger partial charge in [-0.25, -0.2) is 4.39 Å². The fourth-order valence-electron chi connectivity index (χ4n) is 1.13. The first-order valence-corrected chi connectivity index (χ1v) is 4.58. The Balaban J connectivity index is 2.53. The lowest BCUT2D eigenvalue weighted by molar-refractivity contribution is 0.628. The lowest BCUT2D eigenvalue weighted by atomic mass is 10.1. The molecule has 0 fully saturated rings. The summed E-state index contributed by atoms with van der Waals surface area (Å²) in [6.45, 7) is 0. The normalized spacial score (nSPS) is 10.5. The summed E-state index contributed by atoms with van der Waals surface area (Å²) in [7, 11) is 0. The Morgan fingerprint density at radius 3 is 2.57 bits per heavy atom. The number of H-pyrrole nitrogens is 1. The van der Waals surface area contributed by atoms with Crippen LogP contribution in [0.4, 0.5) is 4.39 Å². The second-order valence-electron chi connectivity index (χ2n) is 2.72. The molecule has 2 aromatic rings. The van der Waals surface area contributed by atoms with Crippen molar-refractivity contribution in [3.8, 4) is 11.3 Å². The van der Waals surface area contributed by atoms with Crippen LogP contribution >= 0.6 is 23.2 Å². The summed E-state index contributed by atoms with van der Waals surface area (Å²) >= 11 is 11.5. The van der Waals surface area contributed by atoms with Gasteiger partial charge in [0.2, 0.25) is 0 Å². The molecule has 2 rings (SSSR count). The van der Waals surface area contributed by atoms with Crippen LogP contribution < -0.4 is 0 Å². The summed E-state index contributed by atoms with van der Waals surface area (Å²) in [5.41, 5.74) is 1.34. The van der Waals surface area contributed by atoms with Gasteiger partial charge in [0.05, 0.1) is 21.9 Å². The van der Waals surface area contributed by atoms with E-state index in [1.807, 2.05) is 0 Å². The summed E-state index contributed by atoms with van der Waals surface area (Å²) in [6, 6.07) is 4.37. The first-order valence-electron chi connectivity index (χ1n) is 3.83. The molecule has 5 heteroatoms. The molecule has 72 valence electrons. The molecule has 0 unspecified atom stereocenters. The Bertz CT molecular complexity index is 468. The van der Waals surface area contributed by atoms with Crippen LogP contribution in [0.15, 0.2) is 24.4 Å². The number of halogens is 3. The van der Waals surface area contributed by atoms with E-state index in [4.69, 9.17) is 23.2 Å². The predicted molar refractivity (Wildman–Crippen MR) is 54.0 cm³/mol. The van der Waals surface area contributed by atoms with Gasteiger partial charge in [0.15, 0.2) is 0 Å². The lowest BCUT2D eigenvalue weighted by Crippen LogP contribution is -1.82. The topological polar surface area (TPSA) is 28.7 Å². The van der Waals surface area contributed by atoms with E-state index >= 15 is 0 Å². The Morgan fingerprint density at radius 2 is 2.00 bits per heavy atom. The van der Waals surface area contributed by atoms with Crippen molar-refractivity contribution in [1.82, 2.24) is 10.2 Å². The minimum atomic E-state index is -0.453. The molecular formula is C9H5Cl2FN2.